The van der Waals surface area contributed by atoms with Crippen LogP contribution in [0.15, 0.2) is 48.8 Å². The van der Waals surface area contributed by atoms with E-state index in [1.807, 2.05) is 35.2 Å². The number of nitrogens with one attached hydrogen (secondary N) is 1. The van der Waals surface area contributed by atoms with E-state index in [4.69, 9.17) is 0 Å². The first-order chi connectivity index (χ1) is 11.1. The minimum atomic E-state index is 0.00833. The Labute approximate surface area is 139 Å². The van der Waals surface area contributed by atoms with Crippen molar-refractivity contribution in [2.75, 3.05) is 5.32 Å². The normalized spacial score (nSPS) is 12.0. The number of aryl methyl sites for hydroxylation is 1. The van der Waals surface area contributed by atoms with Gasteiger partial charge in [-0.25, -0.2) is 0 Å². The third-order valence-corrected chi connectivity index (χ3v) is 4.20. The zero-order valence-electron chi connectivity index (χ0n) is 14.4. The Kier molecular flexibility index (Phi) is 6.33. The molecule has 0 fully saturated rings. The summed E-state index contributed by atoms with van der Waals surface area (Å²) in [7, 11) is 0. The molecular formula is C20H27N2O+. The molecule has 0 saturated heterocycles. The molecule has 0 spiro atoms. The van der Waals surface area contributed by atoms with E-state index in [-0.39, 0.29) is 5.91 Å². The van der Waals surface area contributed by atoms with Gasteiger partial charge in [-0.1, -0.05) is 45.4 Å². The van der Waals surface area contributed by atoms with Gasteiger partial charge in [-0.2, -0.15) is 4.57 Å². The number of nitrogens with zero attached hydrogens (tertiary/aromatic N) is 1. The van der Waals surface area contributed by atoms with E-state index in [0.29, 0.717) is 12.5 Å². The average Bonchev–Trinajstić information content (AvgIpc) is 2.56. The molecule has 3 heteroatoms. The van der Waals surface area contributed by atoms with Crippen LogP contribution in [0.3, 0.4) is 0 Å². The van der Waals surface area contributed by atoms with E-state index < -0.39 is 0 Å². The van der Waals surface area contributed by atoms with Gasteiger partial charge in [0.1, 0.15) is 0 Å². The van der Waals surface area contributed by atoms with Gasteiger partial charge >= 0.3 is 0 Å². The number of aromatic nitrogens is 1. The molecule has 1 atom stereocenters. The molecule has 1 N–H and O–H groups in total. The molecule has 0 aliphatic rings. The first kappa shape index (κ1) is 17.2. The van der Waals surface area contributed by atoms with E-state index in [2.05, 4.69) is 44.3 Å². The van der Waals surface area contributed by atoms with Crippen LogP contribution in [0.5, 0.6) is 0 Å². The summed E-state index contributed by atoms with van der Waals surface area (Å²) >= 11 is 0. The fourth-order valence-corrected chi connectivity index (χ4v) is 2.66. The molecule has 0 saturated carbocycles. The predicted molar refractivity (Wildman–Crippen MR) is 94.4 cm³/mol. The topological polar surface area (TPSA) is 33.0 Å². The van der Waals surface area contributed by atoms with Crippen LogP contribution in [0.25, 0.3) is 0 Å². The number of para-hydroxylation sites is 1. The number of hydrogen-bond donors (Lipinski definition) is 1. The zero-order valence-corrected chi connectivity index (χ0v) is 14.4. The molecule has 0 bridgehead atoms. The first-order valence-corrected chi connectivity index (χ1v) is 8.50. The van der Waals surface area contributed by atoms with Crippen molar-refractivity contribution in [1.29, 1.82) is 0 Å². The van der Waals surface area contributed by atoms with Gasteiger partial charge in [0.25, 0.3) is 5.91 Å². The van der Waals surface area contributed by atoms with E-state index >= 15 is 0 Å². The Morgan fingerprint density at radius 1 is 1.13 bits per heavy atom. The van der Waals surface area contributed by atoms with Crippen molar-refractivity contribution in [3.8, 4) is 0 Å². The van der Waals surface area contributed by atoms with E-state index in [1.54, 1.807) is 0 Å². The van der Waals surface area contributed by atoms with Gasteiger partial charge in [-0.05, 0) is 36.0 Å². The van der Waals surface area contributed by atoms with Crippen molar-refractivity contribution in [3.63, 3.8) is 0 Å². The number of benzene rings is 1. The molecule has 1 amide bonds. The zero-order chi connectivity index (χ0) is 16.7. The highest BCUT2D eigenvalue weighted by Crippen LogP contribution is 2.26. The molecule has 1 aromatic heterocycles. The molecule has 1 heterocycles. The predicted octanol–water partition coefficient (Wildman–Crippen LogP) is 4.08. The molecule has 0 radical (unpaired) electrons. The lowest BCUT2D eigenvalue weighted by atomic mass is 9.97. The van der Waals surface area contributed by atoms with Crippen LogP contribution in [0.1, 0.15) is 50.7 Å². The van der Waals surface area contributed by atoms with Crippen molar-refractivity contribution in [2.45, 2.75) is 52.5 Å². The molecule has 23 heavy (non-hydrogen) atoms. The van der Waals surface area contributed by atoms with Gasteiger partial charge in [0.2, 0.25) is 6.54 Å². The van der Waals surface area contributed by atoms with Crippen LogP contribution in [0.2, 0.25) is 0 Å². The van der Waals surface area contributed by atoms with Crippen LogP contribution < -0.4 is 9.88 Å². The fourth-order valence-electron chi connectivity index (χ4n) is 2.66. The Bertz CT molecular complexity index is 634. The van der Waals surface area contributed by atoms with Gasteiger partial charge in [0.05, 0.1) is 0 Å². The second-order valence-electron chi connectivity index (χ2n) is 6.07. The third kappa shape index (κ3) is 4.92. The molecule has 2 rings (SSSR count). The van der Waals surface area contributed by atoms with Gasteiger partial charge in [-0.15, -0.1) is 0 Å². The average molecular weight is 311 g/mol. The first-order valence-electron chi connectivity index (χ1n) is 8.50. The highest BCUT2D eigenvalue weighted by Gasteiger charge is 2.13. The Hall–Kier alpha value is -2.16. The Balaban J connectivity index is 2.02. The second-order valence-corrected chi connectivity index (χ2v) is 6.07. The van der Waals surface area contributed by atoms with Gasteiger partial charge < -0.3 is 5.32 Å². The summed E-state index contributed by atoms with van der Waals surface area (Å²) in [6, 6.07) is 12.2. The molecule has 0 aliphatic heterocycles. The summed E-state index contributed by atoms with van der Waals surface area (Å²) in [5.74, 6) is 0.446. The van der Waals surface area contributed by atoms with Gasteiger partial charge in [0, 0.05) is 17.8 Å². The lowest BCUT2D eigenvalue weighted by Gasteiger charge is -2.15. The highest BCUT2D eigenvalue weighted by atomic mass is 16.1. The maximum atomic E-state index is 12.3. The third-order valence-electron chi connectivity index (χ3n) is 4.20. The number of pyridine rings is 1. The summed E-state index contributed by atoms with van der Waals surface area (Å²) < 4.78 is 1.92. The standard InChI is InChI=1S/C20H26N2O/c1-4-8-17-11-13-22(14-12-17)15-20(23)21-19-10-7-6-9-18(19)16(3)5-2/h6-7,9-14,16H,4-5,8,15H2,1-3H3/p+1/t16-/m0/s1. The van der Waals surface area contributed by atoms with Crippen LogP contribution in [-0.2, 0) is 17.8 Å². The minimum absolute atomic E-state index is 0.00833. The number of carbonyl (C=O) groups excluding carboxylic acids is 1. The van der Waals surface area contributed by atoms with Crippen LogP contribution >= 0.6 is 0 Å². The number of hydrogen-bond acceptors (Lipinski definition) is 1. The van der Waals surface area contributed by atoms with Crippen LogP contribution in [0, 0.1) is 0 Å². The quantitative estimate of drug-likeness (QED) is 0.768. The lowest BCUT2D eigenvalue weighted by Crippen LogP contribution is -2.39. The molecular weight excluding hydrogens is 284 g/mol. The van der Waals surface area contributed by atoms with Gasteiger partial charge in [0.15, 0.2) is 12.4 Å². The summed E-state index contributed by atoms with van der Waals surface area (Å²) in [5, 5.41) is 3.05. The van der Waals surface area contributed by atoms with Crippen molar-refractivity contribution in [1.82, 2.24) is 0 Å². The fraction of sp³-hybridized carbons (Fsp3) is 0.400. The summed E-state index contributed by atoms with van der Waals surface area (Å²) in [5.41, 5.74) is 3.44. The van der Waals surface area contributed by atoms with Crippen molar-refractivity contribution in [2.24, 2.45) is 0 Å². The highest BCUT2D eigenvalue weighted by molar-refractivity contribution is 5.90. The molecule has 0 aliphatic carbocycles. The van der Waals surface area contributed by atoms with Crippen molar-refractivity contribution < 1.29 is 9.36 Å². The number of rotatable bonds is 7. The number of amides is 1. The molecule has 1 aromatic carbocycles. The maximum Gasteiger partial charge on any atom is 0.290 e. The Morgan fingerprint density at radius 2 is 1.83 bits per heavy atom. The van der Waals surface area contributed by atoms with Crippen LogP contribution in [0.4, 0.5) is 5.69 Å². The van der Waals surface area contributed by atoms with Crippen LogP contribution in [-0.4, -0.2) is 5.91 Å². The molecule has 0 unspecified atom stereocenters. The second kappa shape index (κ2) is 8.47. The maximum absolute atomic E-state index is 12.3. The smallest absolute Gasteiger partial charge is 0.290 e. The van der Waals surface area contributed by atoms with Crippen molar-refractivity contribution in [3.05, 3.63) is 59.9 Å². The largest absolute Gasteiger partial charge is 0.320 e. The Morgan fingerprint density at radius 3 is 2.48 bits per heavy atom. The summed E-state index contributed by atoms with van der Waals surface area (Å²) in [6.45, 7) is 6.85. The van der Waals surface area contributed by atoms with E-state index in [0.717, 1.165) is 24.9 Å². The van der Waals surface area contributed by atoms with E-state index in [9.17, 15) is 4.79 Å². The molecule has 3 nitrogen and oxygen atoms in total. The number of anilines is 1. The van der Waals surface area contributed by atoms with Crippen molar-refractivity contribution >= 4 is 11.6 Å². The SMILES string of the molecule is CCCc1cc[n+](CC(=O)Nc2ccccc2[C@@H](C)CC)cc1. The van der Waals surface area contributed by atoms with Gasteiger partial charge in [-0.3, -0.25) is 4.79 Å². The lowest BCUT2D eigenvalue weighted by molar-refractivity contribution is -0.684. The molecule has 2 aromatic rings. The number of carbonyl (C=O) groups is 1. The molecule has 122 valence electrons. The minimum Gasteiger partial charge on any atom is -0.320 e. The van der Waals surface area contributed by atoms with E-state index in [1.165, 1.54) is 11.1 Å². The monoisotopic (exact) mass is 311 g/mol. The summed E-state index contributed by atoms with van der Waals surface area (Å²) in [4.78, 5) is 12.3. The summed E-state index contributed by atoms with van der Waals surface area (Å²) in [6.07, 6.45) is 7.23.